The van der Waals surface area contributed by atoms with Crippen molar-refractivity contribution in [3.63, 3.8) is 0 Å². The Bertz CT molecular complexity index is 755. The fourth-order valence-electron chi connectivity index (χ4n) is 6.36. The van der Waals surface area contributed by atoms with Crippen LogP contribution in [0.2, 0.25) is 0 Å². The van der Waals surface area contributed by atoms with Crippen molar-refractivity contribution in [1.29, 1.82) is 0 Å². The third-order valence-electron chi connectivity index (χ3n) is 9.39. The van der Waals surface area contributed by atoms with Crippen LogP contribution in [0.4, 0.5) is 0 Å². The lowest BCUT2D eigenvalue weighted by atomic mass is 10.0. The van der Waals surface area contributed by atoms with Crippen LogP contribution in [-0.2, 0) is 23.8 Å². The lowest BCUT2D eigenvalue weighted by Crippen LogP contribution is -2.45. The number of esters is 2. The molecular weight excluding hydrogens is 592 g/mol. The van der Waals surface area contributed by atoms with Crippen LogP contribution in [-0.4, -0.2) is 59.8 Å². The summed E-state index contributed by atoms with van der Waals surface area (Å²) in [6.45, 7) is 4.03. The van der Waals surface area contributed by atoms with E-state index in [2.05, 4.69) is 26.0 Å². The largest absolute Gasteiger partial charge is 0.457 e. The van der Waals surface area contributed by atoms with E-state index in [0.717, 1.165) is 51.4 Å². The first-order valence-corrected chi connectivity index (χ1v) is 20.0. The topological polar surface area (TPSA) is 102 Å². The molecule has 47 heavy (non-hydrogen) atoms. The zero-order valence-electron chi connectivity index (χ0n) is 30.6. The van der Waals surface area contributed by atoms with Gasteiger partial charge in [0.05, 0.1) is 13.2 Å². The van der Waals surface area contributed by atoms with E-state index in [1.54, 1.807) is 0 Å². The monoisotopic (exact) mass is 667 g/mol. The average Bonchev–Trinajstić information content (AvgIpc) is 3.42. The molecule has 0 bridgehead atoms. The highest BCUT2D eigenvalue weighted by molar-refractivity contribution is 5.70. The van der Waals surface area contributed by atoms with Gasteiger partial charge in [0, 0.05) is 12.8 Å². The maximum atomic E-state index is 12.5. The zero-order chi connectivity index (χ0) is 34.2. The summed E-state index contributed by atoms with van der Waals surface area (Å²) in [6.07, 6.45) is 32.9. The smallest absolute Gasteiger partial charge is 0.306 e. The molecule has 4 atom stereocenters. The van der Waals surface area contributed by atoms with Gasteiger partial charge in [0.2, 0.25) is 0 Å². The molecule has 0 aliphatic carbocycles. The summed E-state index contributed by atoms with van der Waals surface area (Å²) in [5, 5.41) is 20.3. The molecule has 0 aromatic heterocycles. The molecule has 1 aliphatic rings. The predicted octanol–water partition coefficient (Wildman–Crippen LogP) is 10.1. The maximum absolute atomic E-state index is 12.5. The van der Waals surface area contributed by atoms with Crippen molar-refractivity contribution in [2.24, 2.45) is 0 Å². The van der Waals surface area contributed by atoms with Crippen molar-refractivity contribution in [1.82, 2.24) is 0 Å². The second-order valence-electron chi connectivity index (χ2n) is 13.9. The molecule has 276 valence electrons. The number of ether oxygens (including phenoxy) is 3. The number of allylic oxidation sites excluding steroid dienone is 2. The molecule has 0 unspecified atom stereocenters. The van der Waals surface area contributed by atoms with Gasteiger partial charge in [-0.3, -0.25) is 9.59 Å². The highest BCUT2D eigenvalue weighted by Crippen LogP contribution is 2.24. The summed E-state index contributed by atoms with van der Waals surface area (Å²) in [5.74, 6) is -0.785. The summed E-state index contributed by atoms with van der Waals surface area (Å²) < 4.78 is 16.7. The molecule has 0 spiro atoms. The number of aliphatic hydroxyl groups excluding tert-OH is 2. The van der Waals surface area contributed by atoms with E-state index in [0.29, 0.717) is 0 Å². The Morgan fingerprint density at radius 3 is 1.49 bits per heavy atom. The Kier molecular flexibility index (Phi) is 29.5. The third kappa shape index (κ3) is 24.4. The molecule has 1 heterocycles. The van der Waals surface area contributed by atoms with Crippen LogP contribution in [0.15, 0.2) is 12.2 Å². The van der Waals surface area contributed by atoms with Gasteiger partial charge in [0.15, 0.2) is 12.2 Å². The van der Waals surface area contributed by atoms with E-state index in [-0.39, 0.29) is 25.4 Å². The highest BCUT2D eigenvalue weighted by atomic mass is 16.6. The standard InChI is InChI=1S/C40H74O7/c1-3-5-7-9-11-13-15-17-18-20-22-23-25-27-29-31-37(43)46-36(33-41)40-39(35(42)34-45-40)47-38(44)32-30-28-26-24-21-19-16-14-12-10-8-6-4-2/h17-18,35-36,39-42H,3-16,19-34H2,1-2H3/t35-,36+,39+,40+/m0/s1. The number of aliphatic hydroxyl groups is 2. The summed E-state index contributed by atoms with van der Waals surface area (Å²) in [6, 6.07) is 0. The molecule has 7 heteroatoms. The molecule has 1 rings (SSSR count). The van der Waals surface area contributed by atoms with Gasteiger partial charge >= 0.3 is 11.9 Å². The van der Waals surface area contributed by atoms with Crippen molar-refractivity contribution in [2.45, 2.75) is 218 Å². The molecule has 0 aromatic carbocycles. The fourth-order valence-corrected chi connectivity index (χ4v) is 6.36. The van der Waals surface area contributed by atoms with Gasteiger partial charge in [0.25, 0.3) is 0 Å². The molecule has 1 fully saturated rings. The average molecular weight is 667 g/mol. The van der Waals surface area contributed by atoms with Gasteiger partial charge in [0.1, 0.15) is 12.2 Å². The molecule has 2 N–H and O–H groups in total. The quantitative estimate of drug-likeness (QED) is 0.0408. The lowest BCUT2D eigenvalue weighted by Gasteiger charge is -2.27. The second-order valence-corrected chi connectivity index (χ2v) is 13.9. The minimum absolute atomic E-state index is 0.0242. The Labute approximate surface area is 289 Å². The third-order valence-corrected chi connectivity index (χ3v) is 9.39. The summed E-state index contributed by atoms with van der Waals surface area (Å²) in [7, 11) is 0. The second kappa shape index (κ2) is 31.8. The van der Waals surface area contributed by atoms with Crippen molar-refractivity contribution in [2.75, 3.05) is 13.2 Å². The van der Waals surface area contributed by atoms with Crippen LogP contribution in [0.1, 0.15) is 194 Å². The maximum Gasteiger partial charge on any atom is 0.306 e. The SMILES string of the molecule is CCCCCCCCC=CCCCCCCCC(=O)O[C@H](CO)[C@H]1OC[C@H](O)[C@H]1OC(=O)CCCCCCCCCCCCCCC. The van der Waals surface area contributed by atoms with Gasteiger partial charge in [-0.2, -0.15) is 0 Å². The molecule has 0 amide bonds. The number of hydrogen-bond acceptors (Lipinski definition) is 7. The van der Waals surface area contributed by atoms with E-state index < -0.39 is 37.0 Å². The first-order valence-electron chi connectivity index (χ1n) is 20.0. The van der Waals surface area contributed by atoms with Crippen molar-refractivity contribution >= 4 is 11.9 Å². The van der Waals surface area contributed by atoms with Gasteiger partial charge in [-0.05, 0) is 38.5 Å². The predicted molar refractivity (Wildman–Crippen MR) is 192 cm³/mol. The van der Waals surface area contributed by atoms with Crippen LogP contribution in [0.3, 0.4) is 0 Å². The molecular formula is C40H74O7. The number of rotatable bonds is 33. The summed E-state index contributed by atoms with van der Waals surface area (Å²) in [5.41, 5.74) is 0. The number of hydrogen-bond donors (Lipinski definition) is 2. The molecule has 0 radical (unpaired) electrons. The normalized spacial score (nSPS) is 18.6. The van der Waals surface area contributed by atoms with Crippen LogP contribution in [0.25, 0.3) is 0 Å². The minimum atomic E-state index is -1.01. The number of unbranched alkanes of at least 4 members (excludes halogenated alkanes) is 23. The zero-order valence-corrected chi connectivity index (χ0v) is 30.6. The van der Waals surface area contributed by atoms with E-state index in [9.17, 15) is 19.8 Å². The van der Waals surface area contributed by atoms with Gasteiger partial charge in [-0.25, -0.2) is 0 Å². The number of carbonyl (C=O) groups excluding carboxylic acids is 2. The minimum Gasteiger partial charge on any atom is -0.457 e. The summed E-state index contributed by atoms with van der Waals surface area (Å²) >= 11 is 0. The van der Waals surface area contributed by atoms with Crippen LogP contribution < -0.4 is 0 Å². The molecule has 7 nitrogen and oxygen atoms in total. The highest BCUT2D eigenvalue weighted by Gasteiger charge is 2.45. The Balaban J connectivity index is 2.12. The molecule has 0 saturated carbocycles. The lowest BCUT2D eigenvalue weighted by molar-refractivity contribution is -0.171. The first-order chi connectivity index (χ1) is 23.0. The number of carbonyl (C=O) groups is 2. The Morgan fingerprint density at radius 1 is 0.638 bits per heavy atom. The van der Waals surface area contributed by atoms with Gasteiger partial charge < -0.3 is 24.4 Å². The summed E-state index contributed by atoms with van der Waals surface area (Å²) in [4.78, 5) is 25.0. The van der Waals surface area contributed by atoms with E-state index in [1.165, 1.54) is 116 Å². The molecule has 1 aliphatic heterocycles. The molecule has 0 aromatic rings. The van der Waals surface area contributed by atoms with Crippen molar-refractivity contribution in [3.05, 3.63) is 12.2 Å². The van der Waals surface area contributed by atoms with Gasteiger partial charge in [-0.1, -0.05) is 154 Å². The van der Waals surface area contributed by atoms with E-state index >= 15 is 0 Å². The Morgan fingerprint density at radius 2 is 1.04 bits per heavy atom. The molecule has 1 saturated heterocycles. The van der Waals surface area contributed by atoms with E-state index in [1.807, 2.05) is 0 Å². The van der Waals surface area contributed by atoms with Gasteiger partial charge in [-0.15, -0.1) is 0 Å². The van der Waals surface area contributed by atoms with Crippen LogP contribution in [0.5, 0.6) is 0 Å². The van der Waals surface area contributed by atoms with Crippen LogP contribution in [0, 0.1) is 0 Å². The van der Waals surface area contributed by atoms with E-state index in [4.69, 9.17) is 14.2 Å². The van der Waals surface area contributed by atoms with Crippen LogP contribution >= 0.6 is 0 Å². The van der Waals surface area contributed by atoms with Crippen molar-refractivity contribution in [3.8, 4) is 0 Å². The van der Waals surface area contributed by atoms with Crippen molar-refractivity contribution < 1.29 is 34.0 Å². The fraction of sp³-hybridized carbons (Fsp3) is 0.900. The Hall–Kier alpha value is -1.44. The first kappa shape index (κ1) is 43.6.